The largest absolute Gasteiger partial charge is 0.856 e. The Morgan fingerprint density at radius 2 is 1.74 bits per heavy atom. The van der Waals surface area contributed by atoms with Crippen LogP contribution in [0.15, 0.2) is 88.4 Å². The van der Waals surface area contributed by atoms with E-state index in [2.05, 4.69) is 26.3 Å². The Morgan fingerprint density at radius 3 is 2.39 bits per heavy atom. The van der Waals surface area contributed by atoms with Crippen LogP contribution in [0, 0.1) is 0 Å². The number of rotatable bonds is 5. The van der Waals surface area contributed by atoms with E-state index in [1.54, 1.807) is 42.3 Å². The van der Waals surface area contributed by atoms with E-state index in [1.807, 2.05) is 54.6 Å². The van der Waals surface area contributed by atoms with Gasteiger partial charge in [-0.2, -0.15) is 0 Å². The third-order valence-electron chi connectivity index (χ3n) is 5.01. The Hall–Kier alpha value is -3.45. The minimum absolute atomic E-state index is 0.321. The first-order chi connectivity index (χ1) is 15.0. The Balaban J connectivity index is 1.71. The minimum Gasteiger partial charge on any atom is -0.856 e. The lowest BCUT2D eigenvalue weighted by Crippen LogP contribution is -2.47. The van der Waals surface area contributed by atoms with Crippen LogP contribution in [0.25, 0.3) is 0 Å². The van der Waals surface area contributed by atoms with Crippen LogP contribution in [0.4, 0.5) is 0 Å². The fourth-order valence-corrected chi connectivity index (χ4v) is 3.70. The van der Waals surface area contributed by atoms with Gasteiger partial charge in [-0.05, 0) is 65.8 Å². The van der Waals surface area contributed by atoms with Crippen LogP contribution in [0.2, 0.25) is 0 Å². The lowest BCUT2D eigenvalue weighted by molar-refractivity contribution is -0.565. The number of hydrogen-bond donors (Lipinski definition) is 1. The molecule has 2 atom stereocenters. The van der Waals surface area contributed by atoms with Crippen LogP contribution >= 0.6 is 15.9 Å². The van der Waals surface area contributed by atoms with Gasteiger partial charge < -0.3 is 15.2 Å². The summed E-state index contributed by atoms with van der Waals surface area (Å²) in [5, 5.41) is 19.9. The number of ether oxygens (including phenoxy) is 1. The molecule has 7 heteroatoms. The van der Waals surface area contributed by atoms with Gasteiger partial charge in [-0.3, -0.25) is 4.79 Å². The van der Waals surface area contributed by atoms with Crippen LogP contribution in [0.3, 0.4) is 0 Å². The van der Waals surface area contributed by atoms with Crippen molar-refractivity contribution < 1.29 is 19.3 Å². The van der Waals surface area contributed by atoms with Gasteiger partial charge in [0.05, 0.1) is 13.0 Å². The zero-order chi connectivity index (χ0) is 21.8. The highest BCUT2D eigenvalue weighted by Crippen LogP contribution is 2.28. The van der Waals surface area contributed by atoms with Gasteiger partial charge in [0.2, 0.25) is 12.3 Å². The summed E-state index contributed by atoms with van der Waals surface area (Å²) in [4.78, 5) is 12.8. The number of benzene rings is 3. The molecule has 0 saturated heterocycles. The van der Waals surface area contributed by atoms with Gasteiger partial charge in [0.15, 0.2) is 0 Å². The number of amides is 1. The molecule has 3 aromatic carbocycles. The normalized spacial score (nSPS) is 19.2. The molecule has 1 aliphatic rings. The number of hydrogen-bond acceptors (Lipinski definition) is 4. The molecule has 0 spiro atoms. The predicted octanol–water partition coefficient (Wildman–Crippen LogP) is 3.12. The van der Waals surface area contributed by atoms with Gasteiger partial charge in [-0.1, -0.05) is 38.8 Å². The molecular weight excluding hydrogens is 458 g/mol. The van der Waals surface area contributed by atoms with E-state index >= 15 is 0 Å². The van der Waals surface area contributed by atoms with Crippen molar-refractivity contribution in [2.24, 2.45) is 5.10 Å². The Morgan fingerprint density at radius 1 is 1.06 bits per heavy atom. The van der Waals surface area contributed by atoms with Gasteiger partial charge in [0.1, 0.15) is 11.8 Å². The van der Waals surface area contributed by atoms with E-state index in [4.69, 9.17) is 4.74 Å². The van der Waals surface area contributed by atoms with Gasteiger partial charge in [-0.25, -0.2) is 0 Å². The fraction of sp³-hybridized carbons (Fsp3) is 0.125. The molecule has 1 amide bonds. The quantitative estimate of drug-likeness (QED) is 0.573. The van der Waals surface area contributed by atoms with Crippen LogP contribution in [0.1, 0.15) is 27.5 Å². The SMILES string of the molecule is COc1ccc(C2C(NC(=O)c3ccccc3)C([O-])=N[N+]2=Cc2ccc(Br)cc2)cc1. The standard InChI is InChI=1S/C24H20BrN3O3/c1-31-20-13-9-17(10-14-20)22-21(26-23(29)18-5-3-2-4-6-18)24(30)27-28(22)15-16-7-11-19(25)12-8-16/h2-15,21-22H,1H3,(H-,26,27,29,30). The van der Waals surface area contributed by atoms with E-state index in [0.717, 1.165) is 15.6 Å². The smallest absolute Gasteiger partial charge is 0.252 e. The highest BCUT2D eigenvalue weighted by Gasteiger charge is 2.41. The summed E-state index contributed by atoms with van der Waals surface area (Å²) in [6, 6.07) is 22.6. The van der Waals surface area contributed by atoms with Gasteiger partial charge >= 0.3 is 0 Å². The van der Waals surface area contributed by atoms with Crippen molar-refractivity contribution >= 4 is 33.9 Å². The van der Waals surface area contributed by atoms with Crippen molar-refractivity contribution in [3.63, 3.8) is 0 Å². The van der Waals surface area contributed by atoms with Gasteiger partial charge in [0, 0.05) is 21.2 Å². The molecule has 3 aromatic rings. The number of carbonyl (C=O) groups is 1. The maximum absolute atomic E-state index is 12.8. The number of hydrazone groups is 1. The van der Waals surface area contributed by atoms with Crippen LogP contribution in [-0.2, 0) is 0 Å². The summed E-state index contributed by atoms with van der Waals surface area (Å²) in [6.07, 6.45) is 1.80. The number of methoxy groups -OCH3 is 1. The Labute approximate surface area is 188 Å². The fourth-order valence-electron chi connectivity index (χ4n) is 3.44. The van der Waals surface area contributed by atoms with Crippen LogP contribution < -0.4 is 15.2 Å². The highest BCUT2D eigenvalue weighted by atomic mass is 79.9. The maximum atomic E-state index is 12.8. The van der Waals surface area contributed by atoms with E-state index < -0.39 is 18.0 Å². The number of halogens is 1. The minimum atomic E-state index is -0.826. The molecule has 0 radical (unpaired) electrons. The zero-order valence-corrected chi connectivity index (χ0v) is 18.3. The molecule has 156 valence electrons. The molecule has 1 N–H and O–H groups in total. The van der Waals surface area contributed by atoms with E-state index in [9.17, 15) is 9.90 Å². The second-order valence-electron chi connectivity index (χ2n) is 7.03. The molecule has 0 saturated carbocycles. The third-order valence-corrected chi connectivity index (χ3v) is 5.54. The van der Waals surface area contributed by atoms with Crippen molar-refractivity contribution in [2.45, 2.75) is 12.1 Å². The van der Waals surface area contributed by atoms with Gasteiger partial charge in [0.25, 0.3) is 5.91 Å². The maximum Gasteiger partial charge on any atom is 0.252 e. The van der Waals surface area contributed by atoms with Crippen molar-refractivity contribution in [1.29, 1.82) is 0 Å². The molecule has 0 bridgehead atoms. The number of nitrogens with zero attached hydrogens (tertiary/aromatic N) is 2. The van der Waals surface area contributed by atoms with Gasteiger partial charge in [-0.15, -0.1) is 0 Å². The number of nitrogens with one attached hydrogen (secondary N) is 1. The third kappa shape index (κ3) is 4.67. The van der Waals surface area contributed by atoms with E-state index in [-0.39, 0.29) is 5.91 Å². The summed E-state index contributed by atoms with van der Waals surface area (Å²) >= 11 is 3.42. The summed E-state index contributed by atoms with van der Waals surface area (Å²) in [5.41, 5.74) is 2.20. The zero-order valence-electron chi connectivity index (χ0n) is 16.7. The summed E-state index contributed by atoms with van der Waals surface area (Å²) < 4.78 is 7.82. The molecule has 1 aliphatic heterocycles. The molecule has 0 aromatic heterocycles. The first-order valence-electron chi connectivity index (χ1n) is 9.69. The van der Waals surface area contributed by atoms with Crippen molar-refractivity contribution in [3.05, 3.63) is 100 Å². The molecule has 4 rings (SSSR count). The molecule has 2 unspecified atom stereocenters. The van der Waals surface area contributed by atoms with Crippen molar-refractivity contribution in [2.75, 3.05) is 7.11 Å². The molecule has 0 fully saturated rings. The Bertz CT molecular complexity index is 1130. The lowest BCUT2D eigenvalue weighted by Gasteiger charge is -2.20. The average molecular weight is 478 g/mol. The van der Waals surface area contributed by atoms with Crippen molar-refractivity contribution in [3.8, 4) is 5.75 Å². The second-order valence-corrected chi connectivity index (χ2v) is 7.95. The van der Waals surface area contributed by atoms with E-state index in [1.165, 1.54) is 0 Å². The molecule has 1 heterocycles. The summed E-state index contributed by atoms with van der Waals surface area (Å²) in [7, 11) is 1.60. The van der Waals surface area contributed by atoms with Crippen LogP contribution in [-0.4, -0.2) is 35.9 Å². The Kier molecular flexibility index (Phi) is 6.13. The van der Waals surface area contributed by atoms with Crippen molar-refractivity contribution in [1.82, 2.24) is 5.32 Å². The van der Waals surface area contributed by atoms with Crippen LogP contribution in [0.5, 0.6) is 5.75 Å². The summed E-state index contributed by atoms with van der Waals surface area (Å²) in [6.45, 7) is 0. The molecule has 6 nitrogen and oxygen atoms in total. The first kappa shape index (κ1) is 20.8. The topological polar surface area (TPSA) is 76.8 Å². The molecular formula is C24H20BrN3O3. The molecule has 31 heavy (non-hydrogen) atoms. The average Bonchev–Trinajstić information content (AvgIpc) is 3.10. The van der Waals surface area contributed by atoms with E-state index in [0.29, 0.717) is 11.3 Å². The summed E-state index contributed by atoms with van der Waals surface area (Å²) in [5.74, 6) is -0.0186. The monoisotopic (exact) mass is 477 g/mol. The molecule has 0 aliphatic carbocycles. The predicted molar refractivity (Wildman–Crippen MR) is 120 cm³/mol. The lowest BCUT2D eigenvalue weighted by atomic mass is 9.99. The first-order valence-corrected chi connectivity index (χ1v) is 10.5. The second kappa shape index (κ2) is 9.14. The highest BCUT2D eigenvalue weighted by molar-refractivity contribution is 9.10. The number of carbonyl (C=O) groups excluding carboxylic acids is 1.